The molecule has 162 valence electrons. The third-order valence-corrected chi connectivity index (χ3v) is 5.83. The van der Waals surface area contributed by atoms with E-state index in [-0.39, 0.29) is 18.0 Å². The Morgan fingerprint density at radius 3 is 2.35 bits per heavy atom. The van der Waals surface area contributed by atoms with Crippen molar-refractivity contribution in [2.75, 3.05) is 23.0 Å². The van der Waals surface area contributed by atoms with E-state index < -0.39 is 15.8 Å². The summed E-state index contributed by atoms with van der Waals surface area (Å²) >= 11 is 0. The zero-order chi connectivity index (χ0) is 22.6. The number of rotatable bonds is 7. The second-order valence-corrected chi connectivity index (χ2v) is 8.97. The molecule has 6 nitrogen and oxygen atoms in total. The number of sulfonamides is 1. The fourth-order valence-corrected chi connectivity index (χ4v) is 3.95. The summed E-state index contributed by atoms with van der Waals surface area (Å²) in [6, 6.07) is 17.5. The van der Waals surface area contributed by atoms with E-state index in [1.165, 1.54) is 43.5 Å². The van der Waals surface area contributed by atoms with Crippen LogP contribution in [-0.2, 0) is 16.6 Å². The van der Waals surface area contributed by atoms with Gasteiger partial charge in [0.25, 0.3) is 5.91 Å². The van der Waals surface area contributed by atoms with Gasteiger partial charge in [-0.2, -0.15) is 0 Å². The molecule has 0 heterocycles. The molecule has 3 aromatic carbocycles. The summed E-state index contributed by atoms with van der Waals surface area (Å²) in [5, 5.41) is 2.80. The highest BCUT2D eigenvalue weighted by atomic mass is 32.2. The second kappa shape index (κ2) is 9.18. The predicted octanol–water partition coefficient (Wildman–Crippen LogP) is 4.36. The number of ether oxygens (including phenoxy) is 1. The molecule has 0 aliphatic carbocycles. The smallest absolute Gasteiger partial charge is 0.255 e. The number of benzene rings is 3. The minimum absolute atomic E-state index is 0.155. The molecular weight excluding hydrogens is 419 g/mol. The molecule has 31 heavy (non-hydrogen) atoms. The first kappa shape index (κ1) is 22.3. The van der Waals surface area contributed by atoms with Gasteiger partial charge >= 0.3 is 0 Å². The highest BCUT2D eigenvalue weighted by Gasteiger charge is 2.20. The number of amides is 1. The van der Waals surface area contributed by atoms with Gasteiger partial charge in [-0.1, -0.05) is 24.3 Å². The first-order valence-corrected chi connectivity index (χ1v) is 11.3. The van der Waals surface area contributed by atoms with Crippen LogP contribution in [0, 0.1) is 12.7 Å². The SMILES string of the molecule is COc1ccc(C)cc1NC(=O)c1ccc(N(Cc2ccccc2F)S(C)(=O)=O)cc1. The lowest BCUT2D eigenvalue weighted by atomic mass is 10.1. The summed E-state index contributed by atoms with van der Waals surface area (Å²) in [5.41, 5.74) is 2.42. The molecule has 0 atom stereocenters. The van der Waals surface area contributed by atoms with Crippen LogP contribution < -0.4 is 14.4 Å². The van der Waals surface area contributed by atoms with E-state index in [1.807, 2.05) is 13.0 Å². The van der Waals surface area contributed by atoms with Gasteiger partial charge in [-0.25, -0.2) is 12.8 Å². The van der Waals surface area contributed by atoms with Crippen LogP contribution in [0.25, 0.3) is 0 Å². The van der Waals surface area contributed by atoms with Gasteiger partial charge < -0.3 is 10.1 Å². The standard InChI is InChI=1S/C23H23FN2O4S/c1-16-8-13-22(30-2)21(14-16)25-23(27)17-9-11-19(12-10-17)26(31(3,28)29)15-18-6-4-5-7-20(18)24/h4-14H,15H2,1-3H3,(H,25,27). The van der Waals surface area contributed by atoms with Crippen LogP contribution in [0.4, 0.5) is 15.8 Å². The van der Waals surface area contributed by atoms with Gasteiger partial charge in [-0.15, -0.1) is 0 Å². The van der Waals surface area contributed by atoms with Crippen molar-refractivity contribution in [1.82, 2.24) is 0 Å². The summed E-state index contributed by atoms with van der Waals surface area (Å²) in [7, 11) is -2.16. The van der Waals surface area contributed by atoms with Gasteiger partial charge in [0.05, 0.1) is 31.3 Å². The van der Waals surface area contributed by atoms with E-state index in [1.54, 1.807) is 24.3 Å². The number of aryl methyl sites for hydroxylation is 1. The molecule has 0 saturated heterocycles. The van der Waals surface area contributed by atoms with E-state index in [0.29, 0.717) is 22.7 Å². The van der Waals surface area contributed by atoms with Crippen LogP contribution in [-0.4, -0.2) is 27.7 Å². The summed E-state index contributed by atoms with van der Waals surface area (Å²) in [5.74, 6) is -0.321. The molecule has 0 bridgehead atoms. The maximum Gasteiger partial charge on any atom is 0.255 e. The Hall–Kier alpha value is -3.39. The molecular formula is C23H23FN2O4S. The van der Waals surface area contributed by atoms with Gasteiger partial charge in [-0.3, -0.25) is 9.10 Å². The largest absolute Gasteiger partial charge is 0.495 e. The normalized spacial score (nSPS) is 11.1. The Morgan fingerprint density at radius 2 is 1.74 bits per heavy atom. The van der Waals surface area contributed by atoms with Crippen molar-refractivity contribution in [2.45, 2.75) is 13.5 Å². The number of anilines is 2. The van der Waals surface area contributed by atoms with Crippen LogP contribution in [0.3, 0.4) is 0 Å². The second-order valence-electron chi connectivity index (χ2n) is 7.07. The van der Waals surface area contributed by atoms with Crippen molar-refractivity contribution in [3.63, 3.8) is 0 Å². The van der Waals surface area contributed by atoms with Crippen molar-refractivity contribution >= 4 is 27.3 Å². The van der Waals surface area contributed by atoms with E-state index >= 15 is 0 Å². The Morgan fingerprint density at radius 1 is 1.06 bits per heavy atom. The topological polar surface area (TPSA) is 75.7 Å². The molecule has 3 aromatic rings. The molecule has 3 rings (SSSR count). The first-order valence-electron chi connectivity index (χ1n) is 9.46. The lowest BCUT2D eigenvalue weighted by Gasteiger charge is -2.23. The Bertz CT molecular complexity index is 1190. The molecule has 0 saturated carbocycles. The van der Waals surface area contributed by atoms with Gasteiger partial charge in [-0.05, 0) is 55.0 Å². The van der Waals surface area contributed by atoms with Gasteiger partial charge in [0.1, 0.15) is 11.6 Å². The Labute approximate surface area is 181 Å². The lowest BCUT2D eigenvalue weighted by molar-refractivity contribution is 0.102. The molecule has 1 N–H and O–H groups in total. The van der Waals surface area contributed by atoms with Crippen LogP contribution in [0.1, 0.15) is 21.5 Å². The molecule has 8 heteroatoms. The highest BCUT2D eigenvalue weighted by molar-refractivity contribution is 7.92. The fourth-order valence-electron chi connectivity index (χ4n) is 3.07. The van der Waals surface area contributed by atoms with E-state index in [4.69, 9.17) is 4.74 Å². The minimum Gasteiger partial charge on any atom is -0.495 e. The molecule has 1 amide bonds. The highest BCUT2D eigenvalue weighted by Crippen LogP contribution is 2.27. The number of nitrogens with zero attached hydrogens (tertiary/aromatic N) is 1. The Kier molecular flexibility index (Phi) is 6.60. The molecule has 0 radical (unpaired) electrons. The quantitative estimate of drug-likeness (QED) is 0.590. The monoisotopic (exact) mass is 442 g/mol. The maximum absolute atomic E-state index is 14.0. The molecule has 0 aliphatic heterocycles. The third kappa shape index (κ3) is 5.40. The van der Waals surface area contributed by atoms with Crippen LogP contribution >= 0.6 is 0 Å². The van der Waals surface area contributed by atoms with Gasteiger partial charge in [0.15, 0.2) is 0 Å². The van der Waals surface area contributed by atoms with Crippen LogP contribution in [0.15, 0.2) is 66.7 Å². The number of halogens is 1. The van der Waals surface area contributed by atoms with E-state index in [9.17, 15) is 17.6 Å². The summed E-state index contributed by atoms with van der Waals surface area (Å²) in [6.07, 6.45) is 1.05. The Balaban J connectivity index is 1.84. The first-order chi connectivity index (χ1) is 14.7. The van der Waals surface area contributed by atoms with Crippen LogP contribution in [0.5, 0.6) is 5.75 Å². The van der Waals surface area contributed by atoms with E-state index in [2.05, 4.69) is 5.32 Å². The van der Waals surface area contributed by atoms with Gasteiger partial charge in [0.2, 0.25) is 10.0 Å². The van der Waals surface area contributed by atoms with Crippen molar-refractivity contribution < 1.29 is 22.3 Å². The number of methoxy groups -OCH3 is 1. The fraction of sp³-hybridized carbons (Fsp3) is 0.174. The summed E-state index contributed by atoms with van der Waals surface area (Å²) in [6.45, 7) is 1.75. The van der Waals surface area contributed by atoms with Crippen molar-refractivity contribution in [2.24, 2.45) is 0 Å². The van der Waals surface area contributed by atoms with Crippen LogP contribution in [0.2, 0.25) is 0 Å². The minimum atomic E-state index is -3.68. The number of hydrogen-bond acceptors (Lipinski definition) is 4. The number of carbonyl (C=O) groups excluding carboxylic acids is 1. The number of nitrogens with one attached hydrogen (secondary N) is 1. The zero-order valence-electron chi connectivity index (χ0n) is 17.4. The summed E-state index contributed by atoms with van der Waals surface area (Å²) < 4.78 is 45.0. The molecule has 0 unspecified atom stereocenters. The van der Waals surface area contributed by atoms with Crippen molar-refractivity contribution in [1.29, 1.82) is 0 Å². The third-order valence-electron chi connectivity index (χ3n) is 4.69. The molecule has 0 aliphatic rings. The maximum atomic E-state index is 14.0. The van der Waals surface area contributed by atoms with Crippen molar-refractivity contribution in [3.8, 4) is 5.75 Å². The van der Waals surface area contributed by atoms with Crippen molar-refractivity contribution in [3.05, 3.63) is 89.2 Å². The average Bonchev–Trinajstić information content (AvgIpc) is 2.72. The van der Waals surface area contributed by atoms with Gasteiger partial charge in [0, 0.05) is 11.1 Å². The average molecular weight is 443 g/mol. The molecule has 0 aromatic heterocycles. The molecule has 0 fully saturated rings. The van der Waals surface area contributed by atoms with E-state index in [0.717, 1.165) is 16.1 Å². The lowest BCUT2D eigenvalue weighted by Crippen LogP contribution is -2.29. The number of carbonyl (C=O) groups is 1. The summed E-state index contributed by atoms with van der Waals surface area (Å²) in [4.78, 5) is 12.7. The predicted molar refractivity (Wildman–Crippen MR) is 120 cm³/mol. The number of hydrogen-bond donors (Lipinski definition) is 1. The zero-order valence-corrected chi connectivity index (χ0v) is 18.2. The molecule has 0 spiro atoms.